The fraction of sp³-hybridized carbons (Fsp3) is 0.500. The molecule has 2 amide bonds. The third-order valence-electron chi connectivity index (χ3n) is 3.66. The summed E-state index contributed by atoms with van der Waals surface area (Å²) >= 11 is 0. The molecular weight excluding hydrogens is 268 g/mol. The minimum atomic E-state index is -0.537. The van der Waals surface area contributed by atoms with Crippen molar-refractivity contribution >= 4 is 17.5 Å². The molecule has 2 N–H and O–H groups in total. The molecule has 114 valence electrons. The third-order valence-corrected chi connectivity index (χ3v) is 3.66. The normalized spacial score (nSPS) is 15.7. The molecule has 0 radical (unpaired) electrons. The van der Waals surface area contributed by atoms with Gasteiger partial charge in [-0.3, -0.25) is 9.59 Å². The summed E-state index contributed by atoms with van der Waals surface area (Å²) in [5.41, 5.74) is 0.688. The molecule has 0 bridgehead atoms. The van der Waals surface area contributed by atoms with E-state index in [0.29, 0.717) is 12.3 Å². The molecule has 1 atom stereocenters. The maximum atomic E-state index is 12.0. The van der Waals surface area contributed by atoms with Crippen LogP contribution in [0.4, 0.5) is 5.69 Å². The van der Waals surface area contributed by atoms with E-state index < -0.39 is 6.04 Å². The Balaban J connectivity index is 1.83. The van der Waals surface area contributed by atoms with Crippen molar-refractivity contribution in [3.8, 4) is 5.75 Å². The van der Waals surface area contributed by atoms with Crippen molar-refractivity contribution in [2.75, 3.05) is 11.9 Å². The smallest absolute Gasteiger partial charge is 0.246 e. The first-order valence-electron chi connectivity index (χ1n) is 7.44. The number of benzene rings is 1. The molecule has 1 saturated carbocycles. The summed E-state index contributed by atoms with van der Waals surface area (Å²) in [5.74, 6) is 0.620. The van der Waals surface area contributed by atoms with Gasteiger partial charge in [0.15, 0.2) is 0 Å². The number of carbonyl (C=O) groups excluding carboxylic acids is 2. The Morgan fingerprint density at radius 1 is 1.29 bits per heavy atom. The Bertz CT molecular complexity index is 495. The Morgan fingerprint density at radius 3 is 2.48 bits per heavy atom. The highest BCUT2D eigenvalue weighted by atomic mass is 16.5. The fourth-order valence-electron chi connectivity index (χ4n) is 2.12. The molecular formula is C16H22N2O3. The van der Waals surface area contributed by atoms with Crippen LogP contribution in [0.1, 0.15) is 33.1 Å². The van der Waals surface area contributed by atoms with Crippen molar-refractivity contribution in [3.05, 3.63) is 24.3 Å². The van der Waals surface area contributed by atoms with Crippen molar-refractivity contribution in [2.24, 2.45) is 5.92 Å². The molecule has 0 spiro atoms. The van der Waals surface area contributed by atoms with Gasteiger partial charge in [0, 0.05) is 11.6 Å². The van der Waals surface area contributed by atoms with E-state index in [1.165, 1.54) is 0 Å². The quantitative estimate of drug-likeness (QED) is 0.845. The van der Waals surface area contributed by atoms with Gasteiger partial charge in [0.1, 0.15) is 11.8 Å². The van der Waals surface area contributed by atoms with E-state index in [4.69, 9.17) is 4.74 Å². The Morgan fingerprint density at radius 2 is 1.95 bits per heavy atom. The number of nitrogens with one attached hydrogen (secondary N) is 2. The average Bonchev–Trinajstić information content (AvgIpc) is 2.39. The zero-order valence-corrected chi connectivity index (χ0v) is 12.5. The third kappa shape index (κ3) is 4.21. The maximum absolute atomic E-state index is 12.0. The fourth-order valence-corrected chi connectivity index (χ4v) is 2.12. The second-order valence-electron chi connectivity index (χ2n) is 5.30. The van der Waals surface area contributed by atoms with Gasteiger partial charge in [0.25, 0.3) is 0 Å². The second kappa shape index (κ2) is 7.11. The molecule has 0 heterocycles. The lowest BCUT2D eigenvalue weighted by Gasteiger charge is -2.25. The van der Waals surface area contributed by atoms with Crippen molar-refractivity contribution < 1.29 is 14.3 Å². The molecule has 0 aliphatic heterocycles. The lowest BCUT2D eigenvalue weighted by atomic mass is 9.84. The van der Waals surface area contributed by atoms with Gasteiger partial charge in [-0.1, -0.05) is 6.42 Å². The van der Waals surface area contributed by atoms with Crippen molar-refractivity contribution in [1.82, 2.24) is 5.32 Å². The second-order valence-corrected chi connectivity index (χ2v) is 5.30. The lowest BCUT2D eigenvalue weighted by Crippen LogP contribution is -2.45. The van der Waals surface area contributed by atoms with Crippen LogP contribution >= 0.6 is 0 Å². The van der Waals surface area contributed by atoms with E-state index in [1.54, 1.807) is 31.2 Å². The predicted octanol–water partition coefficient (Wildman–Crippen LogP) is 2.33. The van der Waals surface area contributed by atoms with Crippen LogP contribution in [0.5, 0.6) is 5.75 Å². The van der Waals surface area contributed by atoms with Crippen LogP contribution in [-0.2, 0) is 9.59 Å². The Labute approximate surface area is 125 Å². The Hall–Kier alpha value is -2.04. The zero-order chi connectivity index (χ0) is 15.2. The van der Waals surface area contributed by atoms with E-state index >= 15 is 0 Å². The van der Waals surface area contributed by atoms with E-state index in [2.05, 4.69) is 10.6 Å². The molecule has 0 aromatic heterocycles. The standard InChI is InChI=1S/C16H22N2O3/c1-3-21-14-9-7-13(8-10-14)18-15(19)11(2)17-16(20)12-5-4-6-12/h7-12H,3-6H2,1-2H3,(H,17,20)(H,18,19). The maximum Gasteiger partial charge on any atom is 0.246 e. The topological polar surface area (TPSA) is 67.4 Å². The predicted molar refractivity (Wildman–Crippen MR) is 81.2 cm³/mol. The summed E-state index contributed by atoms with van der Waals surface area (Å²) in [4.78, 5) is 23.8. The monoisotopic (exact) mass is 290 g/mol. The van der Waals surface area contributed by atoms with E-state index in [9.17, 15) is 9.59 Å². The molecule has 1 aromatic carbocycles. The minimum absolute atomic E-state index is 0.0180. The summed E-state index contributed by atoms with van der Waals surface area (Å²) in [5, 5.41) is 5.54. The van der Waals surface area contributed by atoms with Crippen molar-refractivity contribution in [2.45, 2.75) is 39.2 Å². The lowest BCUT2D eigenvalue weighted by molar-refractivity contribution is -0.130. The van der Waals surface area contributed by atoms with Gasteiger partial charge in [-0.2, -0.15) is 0 Å². The largest absolute Gasteiger partial charge is 0.494 e. The van der Waals surface area contributed by atoms with Crippen molar-refractivity contribution in [1.29, 1.82) is 0 Å². The van der Waals surface area contributed by atoms with Crippen molar-refractivity contribution in [3.63, 3.8) is 0 Å². The first-order valence-corrected chi connectivity index (χ1v) is 7.44. The number of hydrogen-bond acceptors (Lipinski definition) is 3. The van der Waals surface area contributed by atoms with Gasteiger partial charge in [-0.05, 0) is 51.0 Å². The highest BCUT2D eigenvalue weighted by Gasteiger charge is 2.27. The summed E-state index contributed by atoms with van der Waals surface area (Å²) in [6, 6.07) is 6.63. The highest BCUT2D eigenvalue weighted by Crippen LogP contribution is 2.26. The Kier molecular flexibility index (Phi) is 5.20. The van der Waals surface area contributed by atoms with Gasteiger partial charge in [-0.25, -0.2) is 0 Å². The van der Waals surface area contributed by atoms with E-state index in [1.807, 2.05) is 6.92 Å². The number of ether oxygens (including phenoxy) is 1. The van der Waals surface area contributed by atoms with Gasteiger partial charge < -0.3 is 15.4 Å². The molecule has 1 aliphatic carbocycles. The zero-order valence-electron chi connectivity index (χ0n) is 12.5. The number of hydrogen-bond donors (Lipinski definition) is 2. The SMILES string of the molecule is CCOc1ccc(NC(=O)C(C)NC(=O)C2CCC2)cc1. The summed E-state index contributed by atoms with van der Waals surface area (Å²) in [7, 11) is 0. The van der Waals surface area contributed by atoms with E-state index in [-0.39, 0.29) is 17.7 Å². The first kappa shape index (κ1) is 15.4. The summed E-state index contributed by atoms with van der Waals surface area (Å²) < 4.78 is 5.34. The average molecular weight is 290 g/mol. The van der Waals surface area contributed by atoms with Crippen LogP contribution < -0.4 is 15.4 Å². The van der Waals surface area contributed by atoms with Crippen LogP contribution in [0.3, 0.4) is 0 Å². The number of anilines is 1. The molecule has 5 heteroatoms. The number of amides is 2. The molecule has 5 nitrogen and oxygen atoms in total. The summed E-state index contributed by atoms with van der Waals surface area (Å²) in [6.07, 6.45) is 2.96. The minimum Gasteiger partial charge on any atom is -0.494 e. The molecule has 1 fully saturated rings. The molecule has 0 saturated heterocycles. The van der Waals surface area contributed by atoms with Crippen LogP contribution in [0.25, 0.3) is 0 Å². The number of carbonyl (C=O) groups is 2. The molecule has 1 aromatic rings. The van der Waals surface area contributed by atoms with Crippen LogP contribution in [0.15, 0.2) is 24.3 Å². The van der Waals surface area contributed by atoms with Gasteiger partial charge >= 0.3 is 0 Å². The summed E-state index contributed by atoms with van der Waals surface area (Å²) in [6.45, 7) is 4.22. The van der Waals surface area contributed by atoms with Gasteiger partial charge in [0.2, 0.25) is 11.8 Å². The number of rotatable bonds is 6. The molecule has 1 unspecified atom stereocenters. The first-order chi connectivity index (χ1) is 10.1. The van der Waals surface area contributed by atoms with Crippen LogP contribution in [0, 0.1) is 5.92 Å². The van der Waals surface area contributed by atoms with Gasteiger partial charge in [-0.15, -0.1) is 0 Å². The molecule has 2 rings (SSSR count). The highest BCUT2D eigenvalue weighted by molar-refractivity contribution is 5.97. The van der Waals surface area contributed by atoms with Crippen LogP contribution in [0.2, 0.25) is 0 Å². The van der Waals surface area contributed by atoms with E-state index in [0.717, 1.165) is 25.0 Å². The molecule has 1 aliphatic rings. The van der Waals surface area contributed by atoms with Crippen LogP contribution in [-0.4, -0.2) is 24.5 Å². The van der Waals surface area contributed by atoms with Gasteiger partial charge in [0.05, 0.1) is 6.61 Å². The molecule has 21 heavy (non-hydrogen) atoms.